The molecule has 7 heteroatoms. The average molecular weight is 381 g/mol. The molecule has 28 heavy (non-hydrogen) atoms. The van der Waals surface area contributed by atoms with Crippen molar-refractivity contribution in [3.63, 3.8) is 0 Å². The quantitative estimate of drug-likeness (QED) is 0.859. The molecule has 1 aromatic heterocycles. The fourth-order valence-corrected chi connectivity index (χ4v) is 4.00. The molecule has 0 aliphatic carbocycles. The molecule has 0 unspecified atom stereocenters. The maximum absolute atomic E-state index is 11.8. The fourth-order valence-electron chi connectivity index (χ4n) is 4.00. The Morgan fingerprint density at radius 2 is 1.89 bits per heavy atom. The van der Waals surface area contributed by atoms with Crippen LogP contribution in [-0.4, -0.2) is 58.1 Å². The van der Waals surface area contributed by atoms with E-state index in [9.17, 15) is 4.79 Å². The number of aromatic nitrogens is 2. The second kappa shape index (κ2) is 8.14. The van der Waals surface area contributed by atoms with E-state index in [2.05, 4.69) is 32.3 Å². The molecule has 0 saturated carbocycles. The number of anilines is 1. The van der Waals surface area contributed by atoms with Crippen LogP contribution in [0.3, 0.4) is 0 Å². The number of hydrogen-bond acceptors (Lipinski definition) is 6. The number of ether oxygens (including phenoxy) is 1. The molecule has 1 spiro atoms. The van der Waals surface area contributed by atoms with Crippen LogP contribution in [0.1, 0.15) is 30.4 Å². The third-order valence-corrected chi connectivity index (χ3v) is 5.54. The second-order valence-electron chi connectivity index (χ2n) is 7.79. The second-order valence-corrected chi connectivity index (χ2v) is 7.79. The Hall–Kier alpha value is -2.67. The topological polar surface area (TPSA) is 70.6 Å². The van der Waals surface area contributed by atoms with Crippen LogP contribution in [0.15, 0.2) is 42.7 Å². The summed E-state index contributed by atoms with van der Waals surface area (Å²) in [5.41, 5.74) is 2.00. The normalized spacial score (nSPS) is 22.9. The molecule has 0 bridgehead atoms. The van der Waals surface area contributed by atoms with Crippen LogP contribution in [0.5, 0.6) is 0 Å². The molecule has 2 fully saturated rings. The van der Waals surface area contributed by atoms with Crippen LogP contribution in [0.25, 0.3) is 0 Å². The number of carbonyl (C=O) groups is 1. The first-order chi connectivity index (χ1) is 13.6. The summed E-state index contributed by atoms with van der Waals surface area (Å²) >= 11 is 0. The van der Waals surface area contributed by atoms with E-state index >= 15 is 0 Å². The standard InChI is InChI=1S/C21H27N5O2/c1-25-16-21(28-20(25)27)8-5-10-26(11-9-21)15-18-13-23-19(24-14-18)22-12-17-6-3-2-4-7-17/h2-4,6-7,13-14H,5,8-12,15-16H2,1H3,(H,22,23,24)/t21-/m0/s1. The molecule has 1 atom stereocenters. The summed E-state index contributed by atoms with van der Waals surface area (Å²) in [6, 6.07) is 10.2. The van der Waals surface area contributed by atoms with Crippen molar-refractivity contribution in [1.82, 2.24) is 19.8 Å². The van der Waals surface area contributed by atoms with Crippen LogP contribution in [-0.2, 0) is 17.8 Å². The summed E-state index contributed by atoms with van der Waals surface area (Å²) in [6.45, 7) is 4.14. The lowest BCUT2D eigenvalue weighted by molar-refractivity contribution is 0.0443. The van der Waals surface area contributed by atoms with Crippen molar-refractivity contribution in [2.45, 2.75) is 38.0 Å². The number of nitrogens with zero attached hydrogens (tertiary/aromatic N) is 4. The van der Waals surface area contributed by atoms with E-state index in [4.69, 9.17) is 4.74 Å². The van der Waals surface area contributed by atoms with Gasteiger partial charge in [0.25, 0.3) is 0 Å². The van der Waals surface area contributed by atoms with Crippen molar-refractivity contribution in [2.75, 3.05) is 32.0 Å². The monoisotopic (exact) mass is 381 g/mol. The van der Waals surface area contributed by atoms with Crippen molar-refractivity contribution in [1.29, 1.82) is 0 Å². The predicted octanol–water partition coefficient (Wildman–Crippen LogP) is 2.90. The lowest BCUT2D eigenvalue weighted by Gasteiger charge is -2.25. The predicted molar refractivity (Wildman–Crippen MR) is 107 cm³/mol. The van der Waals surface area contributed by atoms with Gasteiger partial charge >= 0.3 is 6.09 Å². The van der Waals surface area contributed by atoms with Gasteiger partial charge in [-0.1, -0.05) is 30.3 Å². The minimum Gasteiger partial charge on any atom is -0.441 e. The molecular formula is C21H27N5O2. The SMILES string of the molecule is CN1C[C@@]2(CCCN(Cc3cnc(NCc4ccccc4)nc3)CC2)OC1=O. The molecule has 2 aliphatic heterocycles. The summed E-state index contributed by atoms with van der Waals surface area (Å²) < 4.78 is 5.69. The molecule has 1 aromatic carbocycles. The zero-order chi connectivity index (χ0) is 19.4. The Kier molecular flexibility index (Phi) is 5.43. The lowest BCUT2D eigenvalue weighted by atomic mass is 9.95. The highest BCUT2D eigenvalue weighted by Crippen LogP contribution is 2.32. The van der Waals surface area contributed by atoms with E-state index in [0.29, 0.717) is 19.0 Å². The first kappa shape index (κ1) is 18.7. The van der Waals surface area contributed by atoms with Gasteiger partial charge in [-0.2, -0.15) is 0 Å². The van der Waals surface area contributed by atoms with Gasteiger partial charge in [0.2, 0.25) is 5.95 Å². The fraction of sp³-hybridized carbons (Fsp3) is 0.476. The molecule has 2 saturated heterocycles. The molecule has 1 amide bonds. The highest BCUT2D eigenvalue weighted by Gasteiger charge is 2.44. The van der Waals surface area contributed by atoms with Crippen molar-refractivity contribution in [2.24, 2.45) is 0 Å². The van der Waals surface area contributed by atoms with Gasteiger partial charge in [-0.15, -0.1) is 0 Å². The molecule has 1 N–H and O–H groups in total. The van der Waals surface area contributed by atoms with E-state index in [0.717, 1.165) is 44.5 Å². The van der Waals surface area contributed by atoms with E-state index in [1.807, 2.05) is 37.6 Å². The number of likely N-dealkylation sites (tertiary alicyclic amines) is 1. The minimum absolute atomic E-state index is 0.194. The summed E-state index contributed by atoms with van der Waals surface area (Å²) in [5, 5.41) is 3.25. The zero-order valence-electron chi connectivity index (χ0n) is 16.3. The Bertz CT molecular complexity index is 798. The third kappa shape index (κ3) is 4.42. The first-order valence-electron chi connectivity index (χ1n) is 9.87. The van der Waals surface area contributed by atoms with Crippen LogP contribution in [0.2, 0.25) is 0 Å². The number of hydrogen-bond donors (Lipinski definition) is 1. The van der Waals surface area contributed by atoms with Gasteiger partial charge in [0.05, 0.1) is 6.54 Å². The Morgan fingerprint density at radius 1 is 1.11 bits per heavy atom. The number of amides is 1. The number of benzene rings is 1. The van der Waals surface area contributed by atoms with Crippen molar-refractivity contribution < 1.29 is 9.53 Å². The van der Waals surface area contributed by atoms with Crippen LogP contribution in [0, 0.1) is 0 Å². The lowest BCUT2D eigenvalue weighted by Crippen LogP contribution is -2.35. The summed E-state index contributed by atoms with van der Waals surface area (Å²) in [7, 11) is 1.81. The number of likely N-dealkylation sites (N-methyl/N-ethyl adjacent to an activating group) is 1. The molecule has 2 aliphatic rings. The molecule has 0 radical (unpaired) electrons. The van der Waals surface area contributed by atoms with Crippen LogP contribution in [0.4, 0.5) is 10.7 Å². The van der Waals surface area contributed by atoms with Gasteiger partial charge in [0, 0.05) is 51.1 Å². The van der Waals surface area contributed by atoms with E-state index in [-0.39, 0.29) is 11.7 Å². The largest absolute Gasteiger partial charge is 0.441 e. The first-order valence-corrected chi connectivity index (χ1v) is 9.87. The van der Waals surface area contributed by atoms with Crippen molar-refractivity contribution >= 4 is 12.0 Å². The highest BCUT2D eigenvalue weighted by molar-refractivity contribution is 5.70. The van der Waals surface area contributed by atoms with Crippen molar-refractivity contribution in [3.05, 3.63) is 53.9 Å². The molecule has 2 aromatic rings. The van der Waals surface area contributed by atoms with Crippen molar-refractivity contribution in [3.8, 4) is 0 Å². The number of rotatable bonds is 5. The zero-order valence-corrected chi connectivity index (χ0v) is 16.3. The Morgan fingerprint density at radius 3 is 2.61 bits per heavy atom. The maximum Gasteiger partial charge on any atom is 0.410 e. The van der Waals surface area contributed by atoms with Gasteiger partial charge < -0.3 is 15.0 Å². The number of nitrogens with one attached hydrogen (secondary N) is 1. The third-order valence-electron chi connectivity index (χ3n) is 5.54. The minimum atomic E-state index is -0.303. The highest BCUT2D eigenvalue weighted by atomic mass is 16.6. The van der Waals surface area contributed by atoms with Gasteiger partial charge in [-0.25, -0.2) is 14.8 Å². The van der Waals surface area contributed by atoms with Crippen LogP contribution < -0.4 is 5.32 Å². The van der Waals surface area contributed by atoms with Crippen LogP contribution >= 0.6 is 0 Å². The Labute approximate surface area is 165 Å². The smallest absolute Gasteiger partial charge is 0.410 e. The number of carbonyl (C=O) groups excluding carboxylic acids is 1. The van der Waals surface area contributed by atoms with Gasteiger partial charge in [-0.05, 0) is 24.9 Å². The van der Waals surface area contributed by atoms with Gasteiger partial charge in [-0.3, -0.25) is 4.90 Å². The molecule has 7 nitrogen and oxygen atoms in total. The van der Waals surface area contributed by atoms with E-state index in [1.54, 1.807) is 4.90 Å². The Balaban J connectivity index is 1.29. The molecule has 148 valence electrons. The molecular weight excluding hydrogens is 354 g/mol. The maximum atomic E-state index is 11.8. The average Bonchev–Trinajstić information content (AvgIpc) is 2.86. The van der Waals surface area contributed by atoms with E-state index < -0.39 is 0 Å². The van der Waals surface area contributed by atoms with E-state index in [1.165, 1.54) is 5.56 Å². The molecule has 3 heterocycles. The summed E-state index contributed by atoms with van der Waals surface area (Å²) in [5.74, 6) is 0.642. The molecule has 4 rings (SSSR count). The summed E-state index contributed by atoms with van der Waals surface area (Å²) in [6.07, 6.45) is 6.42. The van der Waals surface area contributed by atoms with Gasteiger partial charge in [0.1, 0.15) is 5.60 Å². The van der Waals surface area contributed by atoms with Gasteiger partial charge in [0.15, 0.2) is 0 Å². The summed E-state index contributed by atoms with van der Waals surface area (Å²) in [4.78, 5) is 24.8.